The van der Waals surface area contributed by atoms with Gasteiger partial charge >= 0.3 is 15.2 Å². The lowest BCUT2D eigenvalue weighted by Gasteiger charge is -2.18. The number of ether oxygens (including phenoxy) is 3. The van der Waals surface area contributed by atoms with E-state index < -0.39 is 15.2 Å². The second kappa shape index (κ2) is 26.8. The molecule has 320 valence electrons. The Balaban J connectivity index is 0.000000262. The number of carbonyl (C=O) groups is 1. The Morgan fingerprint density at radius 2 is 0.783 bits per heavy atom. The minimum absolute atomic E-state index is 0.0656. The number of hydrogen-bond acceptors (Lipinski definition) is 12. The zero-order valence-electron chi connectivity index (χ0n) is 35.4. The van der Waals surface area contributed by atoms with E-state index in [0.717, 1.165) is 46.0 Å². The molecule has 60 heavy (non-hydrogen) atoms. The maximum Gasteiger partial charge on any atom is 0.336 e. The Bertz CT molecular complexity index is 2020. The van der Waals surface area contributed by atoms with E-state index in [-0.39, 0.29) is 12.3 Å². The molecule has 0 unspecified atom stereocenters. The molecule has 0 radical (unpaired) electrons. The van der Waals surface area contributed by atoms with Gasteiger partial charge in [-0.1, -0.05) is 48.6 Å². The molecule has 14 heteroatoms. The van der Waals surface area contributed by atoms with Crippen molar-refractivity contribution in [2.24, 2.45) is 0 Å². The van der Waals surface area contributed by atoms with Crippen LogP contribution in [-0.2, 0) is 39.5 Å². The van der Waals surface area contributed by atoms with Crippen LogP contribution < -0.4 is 14.2 Å². The second-order valence-corrected chi connectivity index (χ2v) is 16.5. The van der Waals surface area contributed by atoms with E-state index in [4.69, 9.17) is 32.3 Å². The SMILES string of the molecule is CCOP(=O)(Cc1cccc(CP(=O)(OCC)OCC)n1)OCC.COc1ccc(/C=C/c2cccc(/C=C/c3ccc(OC)cc3)n2)cc1.COc1ccc(C=O)cc1. The number of benzene rings is 3. The molecular formula is C46H56N2O10P2. The molecule has 12 nitrogen and oxygen atoms in total. The van der Waals surface area contributed by atoms with Gasteiger partial charge in [0.15, 0.2) is 0 Å². The third-order valence-corrected chi connectivity index (χ3v) is 12.1. The van der Waals surface area contributed by atoms with Gasteiger partial charge < -0.3 is 32.3 Å². The molecular weight excluding hydrogens is 802 g/mol. The molecule has 0 N–H and O–H groups in total. The third-order valence-electron chi connectivity index (χ3n) is 8.05. The summed E-state index contributed by atoms with van der Waals surface area (Å²) < 4.78 is 61.6. The number of rotatable bonds is 20. The first kappa shape index (κ1) is 49.2. The number of aromatic nitrogens is 2. The summed E-state index contributed by atoms with van der Waals surface area (Å²) >= 11 is 0. The van der Waals surface area contributed by atoms with Crippen LogP contribution >= 0.6 is 15.2 Å². The molecule has 0 atom stereocenters. The quantitative estimate of drug-likeness (QED) is 0.0543. The highest BCUT2D eigenvalue weighted by molar-refractivity contribution is 7.53. The fourth-order valence-corrected chi connectivity index (χ4v) is 8.51. The Morgan fingerprint density at radius 3 is 1.10 bits per heavy atom. The number of aldehydes is 1. The predicted molar refractivity (Wildman–Crippen MR) is 240 cm³/mol. The molecule has 0 bridgehead atoms. The van der Waals surface area contributed by atoms with Crippen LogP contribution in [0.3, 0.4) is 0 Å². The summed E-state index contributed by atoms with van der Waals surface area (Å²) in [4.78, 5) is 19.2. The van der Waals surface area contributed by atoms with E-state index in [1.165, 1.54) is 0 Å². The van der Waals surface area contributed by atoms with Crippen molar-refractivity contribution in [2.45, 2.75) is 40.0 Å². The van der Waals surface area contributed by atoms with Gasteiger partial charge in [-0.2, -0.15) is 0 Å². The van der Waals surface area contributed by atoms with Crippen LogP contribution in [0.4, 0.5) is 0 Å². The molecule has 0 aliphatic heterocycles. The smallest absolute Gasteiger partial charge is 0.336 e. The van der Waals surface area contributed by atoms with E-state index in [0.29, 0.717) is 43.4 Å². The highest BCUT2D eigenvalue weighted by Crippen LogP contribution is 2.52. The zero-order chi connectivity index (χ0) is 43.6. The average molecular weight is 859 g/mol. The summed E-state index contributed by atoms with van der Waals surface area (Å²) in [5.41, 5.74) is 5.81. The number of methoxy groups -OCH3 is 3. The number of nitrogens with zero attached hydrogens (tertiary/aromatic N) is 2. The van der Waals surface area contributed by atoms with Crippen molar-refractivity contribution in [1.29, 1.82) is 0 Å². The Morgan fingerprint density at radius 1 is 0.450 bits per heavy atom. The molecule has 0 spiro atoms. The van der Waals surface area contributed by atoms with Gasteiger partial charge in [-0.3, -0.25) is 18.9 Å². The highest BCUT2D eigenvalue weighted by atomic mass is 31.2. The maximum absolute atomic E-state index is 12.6. The van der Waals surface area contributed by atoms with Crippen molar-refractivity contribution in [3.8, 4) is 17.2 Å². The van der Waals surface area contributed by atoms with Crippen LogP contribution in [0.15, 0.2) is 109 Å². The molecule has 3 aromatic carbocycles. The molecule has 0 saturated heterocycles. The van der Waals surface area contributed by atoms with Gasteiger partial charge in [0.25, 0.3) is 0 Å². The minimum Gasteiger partial charge on any atom is -0.497 e. The predicted octanol–water partition coefficient (Wildman–Crippen LogP) is 11.6. The lowest BCUT2D eigenvalue weighted by Crippen LogP contribution is -2.04. The largest absolute Gasteiger partial charge is 0.497 e. The summed E-state index contributed by atoms with van der Waals surface area (Å²) in [7, 11) is -1.54. The minimum atomic E-state index is -3.23. The van der Waals surface area contributed by atoms with Crippen molar-refractivity contribution in [2.75, 3.05) is 47.8 Å². The van der Waals surface area contributed by atoms with Gasteiger partial charge in [-0.25, -0.2) is 4.98 Å². The van der Waals surface area contributed by atoms with Crippen molar-refractivity contribution in [1.82, 2.24) is 9.97 Å². The summed E-state index contributed by atoms with van der Waals surface area (Å²) in [5.74, 6) is 2.47. The molecule has 0 fully saturated rings. The molecule has 5 rings (SSSR count). The third kappa shape index (κ3) is 18.0. The van der Waals surface area contributed by atoms with Gasteiger partial charge in [0.05, 0.1) is 82.9 Å². The van der Waals surface area contributed by atoms with Crippen molar-refractivity contribution in [3.63, 3.8) is 0 Å². The van der Waals surface area contributed by atoms with E-state index in [2.05, 4.69) is 9.97 Å². The van der Waals surface area contributed by atoms with E-state index >= 15 is 0 Å². The lowest BCUT2D eigenvalue weighted by molar-refractivity contribution is 0.112. The monoisotopic (exact) mass is 858 g/mol. The van der Waals surface area contributed by atoms with Gasteiger partial charge in [-0.05, 0) is 124 Å². The van der Waals surface area contributed by atoms with Crippen LogP contribution in [-0.4, -0.2) is 64.0 Å². The maximum atomic E-state index is 12.6. The number of pyridine rings is 2. The molecule has 0 saturated carbocycles. The molecule has 2 heterocycles. The standard InChI is InChI=1S/C23H21NO2.C15H27NO6P2.C8H8O2/c1-25-22-14-8-18(9-15-22)6-12-20-4-3-5-21(24-20)13-7-19-10-16-23(26-2)17-11-19;1-5-19-23(17,20-6-2)12-14-10-9-11-15(16-14)13-24(18,21-7-3)22-8-4;1-10-8-4-2-7(6-9)3-5-8/h3-17H,1-2H3;9-11H,5-8,12-13H2,1-4H3;2-6H,1H3/b12-6+,13-7+;;. The van der Waals surface area contributed by atoms with Crippen LogP contribution in [0, 0.1) is 0 Å². The summed E-state index contributed by atoms with van der Waals surface area (Å²) in [5, 5.41) is 0. The first-order valence-corrected chi connectivity index (χ1v) is 22.9. The van der Waals surface area contributed by atoms with Gasteiger partial charge in [0.2, 0.25) is 0 Å². The summed E-state index contributed by atoms with van der Waals surface area (Å²) in [6.45, 7) is 8.21. The molecule has 5 aromatic rings. The van der Waals surface area contributed by atoms with Crippen molar-refractivity contribution >= 4 is 45.8 Å². The van der Waals surface area contributed by atoms with E-state index in [1.54, 1.807) is 91.5 Å². The van der Waals surface area contributed by atoms with Crippen LogP contribution in [0.5, 0.6) is 17.2 Å². The van der Waals surface area contributed by atoms with Gasteiger partial charge in [0.1, 0.15) is 23.5 Å². The van der Waals surface area contributed by atoms with Gasteiger partial charge in [0, 0.05) is 5.56 Å². The van der Waals surface area contributed by atoms with Gasteiger partial charge in [-0.15, -0.1) is 0 Å². The molecule has 2 aromatic heterocycles. The average Bonchev–Trinajstić information content (AvgIpc) is 3.26. The van der Waals surface area contributed by atoms with Crippen LogP contribution in [0.2, 0.25) is 0 Å². The lowest BCUT2D eigenvalue weighted by atomic mass is 10.1. The molecule has 0 amide bonds. The fraction of sp³-hybridized carbons (Fsp3) is 0.283. The Labute approximate surface area is 354 Å². The summed E-state index contributed by atoms with van der Waals surface area (Å²) in [6.07, 6.45) is 9.03. The fourth-order valence-electron chi connectivity index (χ4n) is 5.28. The summed E-state index contributed by atoms with van der Waals surface area (Å²) in [6, 6.07) is 34.0. The number of carbonyl (C=O) groups excluding carboxylic acids is 1. The topological polar surface area (TPSA) is 142 Å². The first-order chi connectivity index (χ1) is 29.0. The number of hydrogen-bond donors (Lipinski definition) is 0. The van der Waals surface area contributed by atoms with E-state index in [1.807, 2.05) is 91.0 Å². The molecule has 0 aliphatic carbocycles. The Kier molecular flexibility index (Phi) is 22.0. The van der Waals surface area contributed by atoms with Crippen molar-refractivity contribution < 1.29 is 46.2 Å². The van der Waals surface area contributed by atoms with Crippen LogP contribution in [0.25, 0.3) is 24.3 Å². The zero-order valence-corrected chi connectivity index (χ0v) is 37.2. The van der Waals surface area contributed by atoms with E-state index in [9.17, 15) is 13.9 Å². The normalized spacial score (nSPS) is 11.3. The molecule has 0 aliphatic rings. The first-order valence-electron chi connectivity index (χ1n) is 19.4. The highest BCUT2D eigenvalue weighted by Gasteiger charge is 2.27. The second-order valence-electron chi connectivity index (χ2n) is 12.4. The van der Waals surface area contributed by atoms with Crippen LogP contribution in [0.1, 0.15) is 72.0 Å². The van der Waals surface area contributed by atoms with Crippen molar-refractivity contribution in [3.05, 3.63) is 149 Å². The Hall–Kier alpha value is -5.19.